The third-order valence-corrected chi connectivity index (χ3v) is 4.75. The summed E-state index contributed by atoms with van der Waals surface area (Å²) in [6, 6.07) is 14.4. The fourth-order valence-corrected chi connectivity index (χ4v) is 3.23. The van der Waals surface area contributed by atoms with Crippen LogP contribution in [0.4, 0.5) is 0 Å². The molecule has 0 N–H and O–H groups in total. The first-order chi connectivity index (χ1) is 13.2. The summed E-state index contributed by atoms with van der Waals surface area (Å²) in [7, 11) is 0. The van der Waals surface area contributed by atoms with E-state index in [-0.39, 0.29) is 19.1 Å². The second-order valence-electron chi connectivity index (χ2n) is 6.67. The van der Waals surface area contributed by atoms with Crippen LogP contribution in [0.3, 0.4) is 0 Å². The number of carbonyl (C=O) groups is 2. The van der Waals surface area contributed by atoms with Crippen LogP contribution in [0.5, 0.6) is 11.5 Å². The molecule has 0 aliphatic carbocycles. The Kier molecular flexibility index (Phi) is 4.96. The van der Waals surface area contributed by atoms with E-state index in [1.807, 2.05) is 29.2 Å². The number of esters is 1. The highest BCUT2D eigenvalue weighted by molar-refractivity contribution is 5.94. The first-order valence-corrected chi connectivity index (χ1v) is 9.14. The maximum absolute atomic E-state index is 12.3. The number of hydrogen-bond acceptors (Lipinski definition) is 5. The van der Waals surface area contributed by atoms with Crippen molar-refractivity contribution in [3.8, 4) is 11.5 Å². The Morgan fingerprint density at radius 1 is 1.00 bits per heavy atom. The lowest BCUT2D eigenvalue weighted by Crippen LogP contribution is -2.37. The molecular weight excluding hydrogens is 346 g/mol. The van der Waals surface area contributed by atoms with Crippen LogP contribution < -0.4 is 9.47 Å². The van der Waals surface area contributed by atoms with Gasteiger partial charge in [0.25, 0.3) is 5.91 Å². The average molecular weight is 367 g/mol. The molecule has 2 aromatic carbocycles. The predicted molar refractivity (Wildman–Crippen MR) is 97.7 cm³/mol. The van der Waals surface area contributed by atoms with Crippen LogP contribution in [0.25, 0.3) is 0 Å². The molecule has 0 bridgehead atoms. The van der Waals surface area contributed by atoms with E-state index in [0.29, 0.717) is 17.1 Å². The summed E-state index contributed by atoms with van der Waals surface area (Å²) in [4.78, 5) is 26.5. The van der Waals surface area contributed by atoms with Crippen molar-refractivity contribution in [1.82, 2.24) is 4.90 Å². The second kappa shape index (κ2) is 7.70. The number of hydrogen-bond donors (Lipinski definition) is 0. The lowest BCUT2D eigenvalue weighted by atomic mass is 10.1. The molecule has 2 aliphatic heterocycles. The van der Waals surface area contributed by atoms with Crippen molar-refractivity contribution in [2.75, 3.05) is 19.7 Å². The summed E-state index contributed by atoms with van der Waals surface area (Å²) < 4.78 is 16.5. The lowest BCUT2D eigenvalue weighted by molar-refractivity contribution is -0.155. The SMILES string of the molecule is O=C(OCc1ccc(C(=O)N2CCCC2)cc1)[C@@H]1COc2ccccc2O1. The van der Waals surface area contributed by atoms with Crippen molar-refractivity contribution in [2.24, 2.45) is 0 Å². The molecule has 27 heavy (non-hydrogen) atoms. The number of fused-ring (bicyclic) bond motifs is 1. The number of amides is 1. The molecule has 1 saturated heterocycles. The maximum Gasteiger partial charge on any atom is 0.351 e. The predicted octanol–water partition coefficient (Wildman–Crippen LogP) is 2.81. The Balaban J connectivity index is 1.31. The monoisotopic (exact) mass is 367 g/mol. The summed E-state index contributed by atoms with van der Waals surface area (Å²) in [5.41, 5.74) is 1.48. The number of likely N-dealkylation sites (tertiary alicyclic amines) is 1. The molecule has 0 unspecified atom stereocenters. The summed E-state index contributed by atoms with van der Waals surface area (Å²) in [5.74, 6) is 0.750. The number of nitrogens with zero attached hydrogens (tertiary/aromatic N) is 1. The highest BCUT2D eigenvalue weighted by Crippen LogP contribution is 2.31. The van der Waals surface area contributed by atoms with E-state index in [9.17, 15) is 9.59 Å². The molecule has 1 amide bonds. The van der Waals surface area contributed by atoms with Crippen LogP contribution in [0.2, 0.25) is 0 Å². The quantitative estimate of drug-likeness (QED) is 0.778. The number of benzene rings is 2. The molecule has 2 heterocycles. The van der Waals surface area contributed by atoms with E-state index < -0.39 is 12.1 Å². The minimum Gasteiger partial charge on any atom is -0.485 e. The van der Waals surface area contributed by atoms with E-state index in [1.54, 1.807) is 24.3 Å². The maximum atomic E-state index is 12.3. The Morgan fingerprint density at radius 3 is 2.44 bits per heavy atom. The van der Waals surface area contributed by atoms with Gasteiger partial charge in [0.15, 0.2) is 11.5 Å². The van der Waals surface area contributed by atoms with Gasteiger partial charge in [-0.15, -0.1) is 0 Å². The van der Waals surface area contributed by atoms with Crippen molar-refractivity contribution >= 4 is 11.9 Å². The Labute approximate surface area is 157 Å². The molecule has 6 nitrogen and oxygen atoms in total. The normalized spacial score (nSPS) is 18.2. The molecule has 0 aromatic heterocycles. The number of carbonyl (C=O) groups excluding carboxylic acids is 2. The number of ether oxygens (including phenoxy) is 3. The Morgan fingerprint density at radius 2 is 1.70 bits per heavy atom. The minimum atomic E-state index is -0.782. The van der Waals surface area contributed by atoms with Gasteiger partial charge in [-0.2, -0.15) is 0 Å². The van der Waals surface area contributed by atoms with Gasteiger partial charge >= 0.3 is 5.97 Å². The van der Waals surface area contributed by atoms with Crippen molar-refractivity contribution in [3.05, 3.63) is 59.7 Å². The van der Waals surface area contributed by atoms with Crippen LogP contribution in [-0.4, -0.2) is 42.6 Å². The zero-order chi connectivity index (χ0) is 18.6. The average Bonchev–Trinajstić information content (AvgIpc) is 3.26. The van der Waals surface area contributed by atoms with Gasteiger partial charge in [0.2, 0.25) is 6.10 Å². The molecular formula is C21H21NO5. The van der Waals surface area contributed by atoms with Gasteiger partial charge in [0.1, 0.15) is 13.2 Å². The van der Waals surface area contributed by atoms with E-state index in [4.69, 9.17) is 14.2 Å². The molecule has 2 aliphatic rings. The molecule has 0 spiro atoms. The van der Waals surface area contributed by atoms with Gasteiger partial charge < -0.3 is 19.1 Å². The topological polar surface area (TPSA) is 65.1 Å². The zero-order valence-corrected chi connectivity index (χ0v) is 14.9. The van der Waals surface area contributed by atoms with Crippen LogP contribution >= 0.6 is 0 Å². The van der Waals surface area contributed by atoms with Gasteiger partial charge in [0, 0.05) is 18.7 Å². The van der Waals surface area contributed by atoms with Crippen LogP contribution in [0.1, 0.15) is 28.8 Å². The van der Waals surface area contributed by atoms with Gasteiger partial charge in [0.05, 0.1) is 0 Å². The summed E-state index contributed by atoms with van der Waals surface area (Å²) in [5, 5.41) is 0. The van der Waals surface area contributed by atoms with Crippen LogP contribution in [-0.2, 0) is 16.1 Å². The van der Waals surface area contributed by atoms with E-state index in [0.717, 1.165) is 31.5 Å². The van der Waals surface area contributed by atoms with Gasteiger partial charge in [-0.25, -0.2) is 4.79 Å². The largest absolute Gasteiger partial charge is 0.485 e. The van der Waals surface area contributed by atoms with Crippen molar-refractivity contribution in [3.63, 3.8) is 0 Å². The smallest absolute Gasteiger partial charge is 0.351 e. The fourth-order valence-electron chi connectivity index (χ4n) is 3.23. The summed E-state index contributed by atoms with van der Waals surface area (Å²) in [6.45, 7) is 1.90. The minimum absolute atomic E-state index is 0.0578. The molecule has 0 saturated carbocycles. The van der Waals surface area contributed by atoms with Gasteiger partial charge in [-0.3, -0.25) is 4.79 Å². The van der Waals surface area contributed by atoms with E-state index in [2.05, 4.69) is 0 Å². The first kappa shape index (κ1) is 17.4. The van der Waals surface area contributed by atoms with Gasteiger partial charge in [-0.1, -0.05) is 24.3 Å². The van der Waals surface area contributed by atoms with Crippen molar-refractivity contribution < 1.29 is 23.8 Å². The van der Waals surface area contributed by atoms with Crippen molar-refractivity contribution in [2.45, 2.75) is 25.6 Å². The molecule has 0 radical (unpaired) electrons. The Hall–Kier alpha value is -3.02. The highest BCUT2D eigenvalue weighted by Gasteiger charge is 2.28. The molecule has 4 rings (SSSR count). The first-order valence-electron chi connectivity index (χ1n) is 9.14. The number of para-hydroxylation sites is 2. The molecule has 1 atom stereocenters. The lowest BCUT2D eigenvalue weighted by Gasteiger charge is -2.24. The summed E-state index contributed by atoms with van der Waals surface area (Å²) >= 11 is 0. The molecule has 2 aromatic rings. The van der Waals surface area contributed by atoms with Gasteiger partial charge in [-0.05, 0) is 42.7 Å². The zero-order valence-electron chi connectivity index (χ0n) is 14.9. The molecule has 1 fully saturated rings. The van der Waals surface area contributed by atoms with Crippen LogP contribution in [0.15, 0.2) is 48.5 Å². The van der Waals surface area contributed by atoms with E-state index in [1.165, 1.54) is 0 Å². The standard InChI is InChI=1S/C21H21NO5/c23-20(22-11-3-4-12-22)16-9-7-15(8-10-16)13-26-21(24)19-14-25-17-5-1-2-6-18(17)27-19/h1-2,5-10,19H,3-4,11-14H2/t19-/m0/s1. The second-order valence-corrected chi connectivity index (χ2v) is 6.67. The Bertz CT molecular complexity index is 827. The third-order valence-electron chi connectivity index (χ3n) is 4.75. The molecule has 6 heteroatoms. The van der Waals surface area contributed by atoms with E-state index >= 15 is 0 Å². The summed E-state index contributed by atoms with van der Waals surface area (Å²) in [6.07, 6.45) is 1.35. The number of rotatable bonds is 4. The van der Waals surface area contributed by atoms with Crippen LogP contribution in [0, 0.1) is 0 Å². The van der Waals surface area contributed by atoms with Crippen molar-refractivity contribution in [1.29, 1.82) is 0 Å². The fraction of sp³-hybridized carbons (Fsp3) is 0.333. The molecule has 140 valence electrons. The third kappa shape index (κ3) is 3.89. The highest BCUT2D eigenvalue weighted by atomic mass is 16.6.